The molecule has 3 N–H and O–H groups in total. The minimum absolute atomic E-state index is 0. The Morgan fingerprint density at radius 2 is 0.635 bits per heavy atom. The number of hydrogen-bond donors (Lipinski definition) is 3. The van der Waals surface area contributed by atoms with Gasteiger partial charge in [-0.2, -0.15) is 0 Å². The minimum Gasteiger partial charge on any atom is -0.481 e. The maximum absolute atomic E-state index is 11.5. The maximum Gasteiger partial charge on any atom is 0.330 e. The van der Waals surface area contributed by atoms with Crippen molar-refractivity contribution in [2.75, 3.05) is 66.1 Å². The summed E-state index contributed by atoms with van der Waals surface area (Å²) < 4.78 is 37.4. The number of aliphatic carboxylic acids is 1. The third kappa shape index (κ3) is 40.5. The van der Waals surface area contributed by atoms with Gasteiger partial charge in [-0.05, 0) is 0 Å². The molecule has 0 unspecified atom stereocenters. The van der Waals surface area contributed by atoms with Crippen LogP contribution in [0.3, 0.4) is 0 Å². The Hall–Kier alpha value is -5.67. The van der Waals surface area contributed by atoms with E-state index in [0.717, 1.165) is 18.2 Å². The van der Waals surface area contributed by atoms with E-state index in [9.17, 15) is 43.2 Å². The molecule has 0 rings (SSSR count). The topological polar surface area (TPSA) is 297 Å². The van der Waals surface area contributed by atoms with E-state index >= 15 is 0 Å². The highest BCUT2D eigenvalue weighted by molar-refractivity contribution is 5.82. The second kappa shape index (κ2) is 36.6. The Balaban J connectivity index is -0.000000987. The highest BCUT2D eigenvalue weighted by Gasteiger charge is 2.12. The van der Waals surface area contributed by atoms with Gasteiger partial charge in [-0.25, -0.2) is 19.3 Å². The third-order valence-electron chi connectivity index (χ3n) is 4.67. The van der Waals surface area contributed by atoms with Crippen molar-refractivity contribution in [3.8, 4) is 0 Å². The summed E-state index contributed by atoms with van der Waals surface area (Å²) in [6, 6.07) is 0. The molecule has 0 aliphatic heterocycles. The lowest BCUT2D eigenvalue weighted by atomic mass is 10.3. The molecule has 0 saturated carbocycles. The molecule has 0 fully saturated rings. The van der Waals surface area contributed by atoms with Gasteiger partial charge < -0.3 is 48.1 Å². The maximum atomic E-state index is 11.5. The van der Waals surface area contributed by atoms with Crippen LogP contribution in [0, 0.1) is 0 Å². The highest BCUT2D eigenvalue weighted by atomic mass is 17.1. The molecule has 21 heteroatoms. The van der Waals surface area contributed by atoms with Crippen LogP contribution >= 0.6 is 0 Å². The summed E-state index contributed by atoms with van der Waals surface area (Å²) in [4.78, 5) is 102. The number of carboxylic acids is 1. The number of rotatable bonds is 26. The van der Waals surface area contributed by atoms with E-state index in [0.29, 0.717) is 0 Å². The smallest absolute Gasteiger partial charge is 0.330 e. The lowest BCUT2D eigenvalue weighted by Crippen LogP contribution is -2.17. The van der Waals surface area contributed by atoms with Crippen molar-refractivity contribution >= 4 is 53.7 Å². The summed E-state index contributed by atoms with van der Waals surface area (Å²) in [6.07, 6.45) is 1.52. The van der Waals surface area contributed by atoms with Crippen molar-refractivity contribution in [2.24, 2.45) is 0 Å². The van der Waals surface area contributed by atoms with Gasteiger partial charge >= 0.3 is 53.7 Å². The molecule has 294 valence electrons. The van der Waals surface area contributed by atoms with Crippen LogP contribution in [-0.2, 0) is 85.9 Å². The lowest BCUT2D eigenvalue weighted by molar-refractivity contribution is -0.246. The van der Waals surface area contributed by atoms with Crippen LogP contribution in [0.1, 0.15) is 38.5 Å². The average Bonchev–Trinajstić information content (AvgIpc) is 3.13. The normalized spacial score (nSPS) is 9.35. The van der Waals surface area contributed by atoms with E-state index in [1.807, 2.05) is 0 Å². The highest BCUT2D eigenvalue weighted by Crippen LogP contribution is 1.99. The van der Waals surface area contributed by atoms with E-state index in [1.54, 1.807) is 0 Å². The summed E-state index contributed by atoms with van der Waals surface area (Å²) in [5, 5.41) is 23.4. The van der Waals surface area contributed by atoms with Crippen molar-refractivity contribution < 1.29 is 101 Å². The summed E-state index contributed by atoms with van der Waals surface area (Å²) >= 11 is 0. The largest absolute Gasteiger partial charge is 0.481 e. The van der Waals surface area contributed by atoms with E-state index < -0.39 is 53.7 Å². The van der Waals surface area contributed by atoms with E-state index in [2.05, 4.69) is 43.6 Å². The Morgan fingerprint density at radius 3 is 0.808 bits per heavy atom. The minimum atomic E-state index is -1.06. The van der Waals surface area contributed by atoms with E-state index in [1.165, 1.54) is 0 Å². The SMILES string of the molecule is C=CC(=O)OCCOC(=O)CCC(=O)O.C=CC(=O)OCCOC(=O)CCC(=O)OCCOC(=O)CCC(=O)OCCOC(=O)C=C.OCCOO. The number of hydrogen-bond acceptors (Lipinski definition) is 20. The Bertz CT molecular complexity index is 1090. The second-order valence-corrected chi connectivity index (χ2v) is 8.67. The Morgan fingerprint density at radius 1 is 0.404 bits per heavy atom. The van der Waals surface area contributed by atoms with Crippen molar-refractivity contribution in [3.63, 3.8) is 0 Å². The first-order valence-corrected chi connectivity index (χ1v) is 15.0. The number of esters is 8. The number of aliphatic hydroxyl groups is 1. The standard InChI is InChI=1S/C20H26O12.C9H12O6.C2H6O3/c1-3-15(21)27-9-11-29-17(23)5-7-19(25)31-13-14-32-20(26)8-6-18(24)30-12-10-28-16(22)4-2;1-2-8(12)14-5-6-15-9(13)4-3-7(10)11;3-1-2-5-4/h3-4H,1-2,5-14H2;2H,1,3-6H2,(H,10,11);3-4H,1-2H2. The molecular formula is C31H44O21. The molecule has 0 bridgehead atoms. The van der Waals surface area contributed by atoms with Crippen molar-refractivity contribution in [2.45, 2.75) is 38.5 Å². The van der Waals surface area contributed by atoms with Crippen LogP contribution in [0.5, 0.6) is 0 Å². The quantitative estimate of drug-likeness (QED) is 0.0257. The number of aliphatic hydroxyl groups excluding tert-OH is 1. The van der Waals surface area contributed by atoms with Gasteiger partial charge in [0.1, 0.15) is 59.5 Å². The van der Waals surface area contributed by atoms with Crippen LogP contribution in [0.4, 0.5) is 0 Å². The van der Waals surface area contributed by atoms with Gasteiger partial charge in [0.2, 0.25) is 0 Å². The van der Waals surface area contributed by atoms with Gasteiger partial charge in [-0.3, -0.25) is 34.0 Å². The first-order chi connectivity index (χ1) is 24.7. The van der Waals surface area contributed by atoms with Gasteiger partial charge in [0, 0.05) is 18.2 Å². The Labute approximate surface area is 297 Å². The summed E-state index contributed by atoms with van der Waals surface area (Å²) in [7, 11) is 0. The first-order valence-electron chi connectivity index (χ1n) is 15.0. The molecule has 0 radical (unpaired) electrons. The third-order valence-corrected chi connectivity index (χ3v) is 4.67. The summed E-state index contributed by atoms with van der Waals surface area (Å²) in [5.41, 5.74) is 0. The molecule has 0 aromatic carbocycles. The predicted molar refractivity (Wildman–Crippen MR) is 169 cm³/mol. The number of ether oxygens (including phenoxy) is 8. The van der Waals surface area contributed by atoms with Crippen LogP contribution < -0.4 is 0 Å². The average molecular weight is 753 g/mol. The molecule has 0 heterocycles. The second-order valence-electron chi connectivity index (χ2n) is 8.67. The number of carbonyl (C=O) groups is 9. The molecule has 52 heavy (non-hydrogen) atoms. The molecule has 0 aromatic heterocycles. The van der Waals surface area contributed by atoms with E-state index in [-0.39, 0.29) is 105 Å². The molecule has 0 saturated heterocycles. The molecule has 0 aliphatic carbocycles. The number of carboxylic acid groups (broad SMARTS) is 1. The fourth-order valence-electron chi connectivity index (χ4n) is 2.40. The molecule has 0 aliphatic rings. The number of carbonyl (C=O) groups excluding carboxylic acids is 8. The monoisotopic (exact) mass is 752 g/mol. The van der Waals surface area contributed by atoms with Crippen LogP contribution in [0.15, 0.2) is 38.0 Å². The van der Waals surface area contributed by atoms with Crippen molar-refractivity contribution in [1.82, 2.24) is 0 Å². The van der Waals surface area contributed by atoms with Gasteiger partial charge in [0.05, 0.1) is 45.1 Å². The Kier molecular flexibility index (Phi) is 35.7. The molecule has 0 spiro atoms. The molecule has 0 amide bonds. The van der Waals surface area contributed by atoms with E-state index in [4.69, 9.17) is 34.4 Å². The van der Waals surface area contributed by atoms with Gasteiger partial charge in [0.15, 0.2) is 0 Å². The molecule has 0 aromatic rings. The van der Waals surface area contributed by atoms with Gasteiger partial charge in [-0.1, -0.05) is 19.7 Å². The van der Waals surface area contributed by atoms with Crippen LogP contribution in [-0.4, -0.2) is 135 Å². The molecule has 0 atom stereocenters. The zero-order valence-electron chi connectivity index (χ0n) is 28.4. The lowest BCUT2D eigenvalue weighted by Gasteiger charge is -2.07. The van der Waals surface area contributed by atoms with Gasteiger partial charge in [0.25, 0.3) is 0 Å². The summed E-state index contributed by atoms with van der Waals surface area (Å²) in [6.45, 7) is 8.29. The fraction of sp³-hybridized carbons (Fsp3) is 0.516. The molecule has 21 nitrogen and oxygen atoms in total. The summed E-state index contributed by atoms with van der Waals surface area (Å²) in [5.74, 6) is -6.33. The molecular weight excluding hydrogens is 708 g/mol. The predicted octanol–water partition coefficient (Wildman–Crippen LogP) is -0.230. The van der Waals surface area contributed by atoms with Crippen molar-refractivity contribution in [3.05, 3.63) is 38.0 Å². The zero-order valence-corrected chi connectivity index (χ0v) is 28.4. The fourth-order valence-corrected chi connectivity index (χ4v) is 2.40. The van der Waals surface area contributed by atoms with Crippen molar-refractivity contribution in [1.29, 1.82) is 0 Å². The first kappa shape index (κ1) is 50.7. The van der Waals surface area contributed by atoms with Gasteiger partial charge in [-0.15, -0.1) is 0 Å². The zero-order chi connectivity index (χ0) is 40.0. The van der Waals surface area contributed by atoms with Crippen LogP contribution in [0.25, 0.3) is 0 Å². The van der Waals surface area contributed by atoms with Crippen LogP contribution in [0.2, 0.25) is 0 Å².